The van der Waals surface area contributed by atoms with Gasteiger partial charge in [0.05, 0.1) is 23.5 Å². The average Bonchev–Trinajstić information content (AvgIpc) is 3.06. The lowest BCUT2D eigenvalue weighted by molar-refractivity contribution is 0.832. The van der Waals surface area contributed by atoms with Gasteiger partial charge in [-0.25, -0.2) is 4.68 Å². The zero-order valence-corrected chi connectivity index (χ0v) is 16.8. The summed E-state index contributed by atoms with van der Waals surface area (Å²) in [6, 6.07) is 14.0. The van der Waals surface area contributed by atoms with E-state index in [9.17, 15) is 0 Å². The maximum atomic E-state index is 8.94. The minimum absolute atomic E-state index is 0.642. The van der Waals surface area contributed by atoms with Gasteiger partial charge < -0.3 is 0 Å². The molecule has 5 heteroatoms. The minimum Gasteiger partial charge on any atom is -0.258 e. The molecule has 0 aliphatic carbocycles. The van der Waals surface area contributed by atoms with Crippen molar-refractivity contribution < 1.29 is 0 Å². The van der Waals surface area contributed by atoms with Crippen molar-refractivity contribution in [2.24, 2.45) is 10.1 Å². The van der Waals surface area contributed by atoms with E-state index in [0.29, 0.717) is 12.1 Å². The van der Waals surface area contributed by atoms with E-state index in [0.717, 1.165) is 16.1 Å². The van der Waals surface area contributed by atoms with Crippen LogP contribution in [-0.4, -0.2) is 17.4 Å². The summed E-state index contributed by atoms with van der Waals surface area (Å²) in [6.07, 6.45) is 1.81. The molecule has 3 rings (SSSR count). The topological polar surface area (TPSA) is 53.4 Å². The van der Waals surface area contributed by atoms with E-state index in [1.807, 2.05) is 29.9 Å². The number of nitrogens with zero attached hydrogens (tertiary/aromatic N) is 4. The van der Waals surface area contributed by atoms with Crippen molar-refractivity contribution in [1.29, 1.82) is 5.26 Å². The first-order chi connectivity index (χ1) is 13.0. The molecule has 0 aliphatic heterocycles. The zero-order chi connectivity index (χ0) is 19.4. The number of nitriles is 1. The number of aryl methyl sites for hydroxylation is 3. The molecule has 1 aromatic heterocycles. The van der Waals surface area contributed by atoms with Gasteiger partial charge in [0.2, 0.25) is 4.80 Å². The summed E-state index contributed by atoms with van der Waals surface area (Å²) in [6.45, 7) is 9.12. The third kappa shape index (κ3) is 4.07. The molecule has 0 radical (unpaired) electrons. The first kappa shape index (κ1) is 18.8. The summed E-state index contributed by atoms with van der Waals surface area (Å²) in [7, 11) is 0. The van der Waals surface area contributed by atoms with Crippen molar-refractivity contribution in [3.8, 4) is 17.3 Å². The predicted octanol–water partition coefficient (Wildman–Crippen LogP) is 4.82. The van der Waals surface area contributed by atoms with Crippen molar-refractivity contribution >= 4 is 17.6 Å². The quantitative estimate of drug-likeness (QED) is 0.604. The Morgan fingerprint density at radius 2 is 1.78 bits per heavy atom. The van der Waals surface area contributed by atoms with Crippen molar-refractivity contribution in [2.45, 2.75) is 27.7 Å². The SMILES string of the molecule is CCN=c1scc(-c2cc(C)c(C)cc2C)n1N=Cc1ccc(C#N)cc1. The molecule has 3 aromatic rings. The molecule has 0 aliphatic rings. The van der Waals surface area contributed by atoms with Crippen molar-refractivity contribution in [3.05, 3.63) is 74.4 Å². The molecule has 0 fully saturated rings. The fourth-order valence-electron chi connectivity index (χ4n) is 2.84. The van der Waals surface area contributed by atoms with Crippen LogP contribution in [0.4, 0.5) is 0 Å². The average molecular weight is 375 g/mol. The molecule has 0 atom stereocenters. The second-order valence-corrected chi connectivity index (χ2v) is 7.26. The molecule has 0 N–H and O–H groups in total. The largest absolute Gasteiger partial charge is 0.258 e. The molecule has 0 spiro atoms. The molecule has 27 heavy (non-hydrogen) atoms. The van der Waals surface area contributed by atoms with Crippen LogP contribution in [0.2, 0.25) is 0 Å². The lowest BCUT2D eigenvalue weighted by atomic mass is 9.99. The van der Waals surface area contributed by atoms with Gasteiger partial charge in [0.25, 0.3) is 0 Å². The van der Waals surface area contributed by atoms with E-state index in [4.69, 9.17) is 10.4 Å². The van der Waals surface area contributed by atoms with E-state index >= 15 is 0 Å². The lowest BCUT2D eigenvalue weighted by Gasteiger charge is -2.10. The summed E-state index contributed by atoms with van der Waals surface area (Å²) >= 11 is 1.60. The Hall–Kier alpha value is -2.97. The molecule has 2 aromatic carbocycles. The van der Waals surface area contributed by atoms with Crippen LogP contribution in [0.1, 0.15) is 34.7 Å². The van der Waals surface area contributed by atoms with Gasteiger partial charge in [-0.05, 0) is 68.1 Å². The first-order valence-electron chi connectivity index (χ1n) is 8.87. The van der Waals surface area contributed by atoms with Crippen LogP contribution in [0.5, 0.6) is 0 Å². The Morgan fingerprint density at radius 3 is 2.44 bits per heavy atom. The standard InChI is InChI=1S/C22H22N4S/c1-5-24-22-26(25-13-19-8-6-18(12-23)7-9-19)21(14-27-22)20-11-16(3)15(2)10-17(20)4/h6-11,13-14H,5H2,1-4H3. The van der Waals surface area contributed by atoms with Gasteiger partial charge in [0.15, 0.2) is 0 Å². The smallest absolute Gasteiger partial charge is 0.206 e. The Labute approximate surface area is 163 Å². The van der Waals surface area contributed by atoms with E-state index in [1.165, 1.54) is 22.3 Å². The van der Waals surface area contributed by atoms with Gasteiger partial charge in [-0.2, -0.15) is 10.4 Å². The van der Waals surface area contributed by atoms with Crippen LogP contribution in [0.25, 0.3) is 11.3 Å². The van der Waals surface area contributed by atoms with Gasteiger partial charge >= 0.3 is 0 Å². The number of benzene rings is 2. The predicted molar refractivity (Wildman–Crippen MR) is 112 cm³/mol. The molecular formula is C22H22N4S. The third-order valence-electron chi connectivity index (χ3n) is 4.46. The number of aromatic nitrogens is 1. The number of hydrogen-bond acceptors (Lipinski definition) is 4. The second kappa shape index (κ2) is 8.15. The van der Waals surface area contributed by atoms with Crippen LogP contribution in [0.3, 0.4) is 0 Å². The minimum atomic E-state index is 0.642. The van der Waals surface area contributed by atoms with Crippen LogP contribution in [0, 0.1) is 32.1 Å². The highest BCUT2D eigenvalue weighted by Crippen LogP contribution is 2.27. The van der Waals surface area contributed by atoms with Gasteiger partial charge in [0, 0.05) is 17.5 Å². The molecule has 136 valence electrons. The van der Waals surface area contributed by atoms with E-state index in [-0.39, 0.29) is 0 Å². The Morgan fingerprint density at radius 1 is 1.07 bits per heavy atom. The van der Waals surface area contributed by atoms with E-state index in [1.54, 1.807) is 23.5 Å². The second-order valence-electron chi connectivity index (χ2n) is 6.42. The van der Waals surface area contributed by atoms with Gasteiger partial charge in [-0.1, -0.05) is 18.2 Å². The van der Waals surface area contributed by atoms with Crippen molar-refractivity contribution in [3.63, 3.8) is 0 Å². The van der Waals surface area contributed by atoms with Gasteiger partial charge in [-0.15, -0.1) is 11.3 Å². The third-order valence-corrected chi connectivity index (χ3v) is 5.31. The Bertz CT molecular complexity index is 1090. The highest BCUT2D eigenvalue weighted by molar-refractivity contribution is 7.07. The van der Waals surface area contributed by atoms with E-state index in [2.05, 4.69) is 49.3 Å². The van der Waals surface area contributed by atoms with Crippen molar-refractivity contribution in [2.75, 3.05) is 6.54 Å². The number of rotatable bonds is 4. The molecule has 0 saturated heterocycles. The normalized spacial score (nSPS) is 11.9. The molecule has 0 saturated carbocycles. The highest BCUT2D eigenvalue weighted by atomic mass is 32.1. The molecule has 1 heterocycles. The Kier molecular flexibility index (Phi) is 5.68. The van der Waals surface area contributed by atoms with Crippen LogP contribution in [-0.2, 0) is 0 Å². The first-order valence-corrected chi connectivity index (χ1v) is 9.75. The van der Waals surface area contributed by atoms with E-state index < -0.39 is 0 Å². The maximum absolute atomic E-state index is 8.94. The summed E-state index contributed by atoms with van der Waals surface area (Å²) in [5.41, 5.74) is 7.57. The molecule has 0 unspecified atom stereocenters. The highest BCUT2D eigenvalue weighted by Gasteiger charge is 2.11. The summed E-state index contributed by atoms with van der Waals surface area (Å²) < 4.78 is 1.91. The molecule has 4 nitrogen and oxygen atoms in total. The summed E-state index contributed by atoms with van der Waals surface area (Å²) in [5, 5.41) is 15.8. The van der Waals surface area contributed by atoms with Crippen LogP contribution in [0.15, 0.2) is 51.9 Å². The van der Waals surface area contributed by atoms with Gasteiger partial charge in [0.1, 0.15) is 0 Å². The van der Waals surface area contributed by atoms with Crippen molar-refractivity contribution in [1.82, 2.24) is 4.68 Å². The lowest BCUT2D eigenvalue weighted by Crippen LogP contribution is -2.12. The maximum Gasteiger partial charge on any atom is 0.206 e. The monoisotopic (exact) mass is 374 g/mol. The summed E-state index contributed by atoms with van der Waals surface area (Å²) in [5.74, 6) is 0. The molecule has 0 amide bonds. The number of thiazole rings is 1. The summed E-state index contributed by atoms with van der Waals surface area (Å²) in [4.78, 5) is 5.46. The fourth-order valence-corrected chi connectivity index (χ4v) is 3.74. The molecule has 0 bridgehead atoms. The fraction of sp³-hybridized carbons (Fsp3) is 0.227. The van der Waals surface area contributed by atoms with Gasteiger partial charge in [-0.3, -0.25) is 4.99 Å². The Balaban J connectivity index is 2.10. The number of hydrogen-bond donors (Lipinski definition) is 0. The zero-order valence-electron chi connectivity index (χ0n) is 16.0. The van der Waals surface area contributed by atoms with Crippen LogP contribution >= 0.6 is 11.3 Å². The molecular weight excluding hydrogens is 352 g/mol. The van der Waals surface area contributed by atoms with Crippen LogP contribution < -0.4 is 4.80 Å².